The first-order chi connectivity index (χ1) is 15.7. The van der Waals surface area contributed by atoms with Crippen LogP contribution in [0.25, 0.3) is 0 Å². The van der Waals surface area contributed by atoms with Crippen molar-refractivity contribution in [3.05, 3.63) is 112 Å². The Balaban J connectivity index is 1.28. The second kappa shape index (κ2) is 10.5. The summed E-state index contributed by atoms with van der Waals surface area (Å²) in [5, 5.41) is 8.72. The summed E-state index contributed by atoms with van der Waals surface area (Å²) in [7, 11) is 0. The van der Waals surface area contributed by atoms with E-state index >= 15 is 0 Å². The van der Waals surface area contributed by atoms with Crippen molar-refractivity contribution in [1.29, 1.82) is 0 Å². The third-order valence-electron chi connectivity index (χ3n) is 4.76. The Kier molecular flexibility index (Phi) is 6.99. The van der Waals surface area contributed by atoms with Crippen LogP contribution in [0.2, 0.25) is 0 Å². The summed E-state index contributed by atoms with van der Waals surface area (Å²) in [6, 6.07) is 20.9. The van der Waals surface area contributed by atoms with Crippen molar-refractivity contribution in [1.82, 2.24) is 15.3 Å². The molecular formula is C25H22N4O2S. The second-order valence-electron chi connectivity index (χ2n) is 7.24. The van der Waals surface area contributed by atoms with Crippen molar-refractivity contribution in [2.75, 3.05) is 5.32 Å². The number of nitrogens with zero attached hydrogens (tertiary/aromatic N) is 2. The fourth-order valence-corrected chi connectivity index (χ4v) is 4.00. The van der Waals surface area contributed by atoms with E-state index in [-0.39, 0.29) is 18.2 Å². The maximum absolute atomic E-state index is 12.4. The zero-order chi connectivity index (χ0) is 22.2. The number of pyridine rings is 1. The third-order valence-corrected chi connectivity index (χ3v) is 5.65. The topological polar surface area (TPSA) is 84.0 Å². The molecule has 4 aromatic rings. The Morgan fingerprint density at radius 2 is 1.69 bits per heavy atom. The van der Waals surface area contributed by atoms with E-state index in [1.165, 1.54) is 5.56 Å². The Labute approximate surface area is 190 Å². The van der Waals surface area contributed by atoms with Crippen molar-refractivity contribution in [3.63, 3.8) is 0 Å². The molecule has 2 aromatic carbocycles. The van der Waals surface area contributed by atoms with Gasteiger partial charge < -0.3 is 10.6 Å². The molecule has 0 saturated heterocycles. The summed E-state index contributed by atoms with van der Waals surface area (Å²) in [5.74, 6) is -0.295. The Morgan fingerprint density at radius 1 is 0.906 bits per heavy atom. The number of hydrogen-bond donors (Lipinski definition) is 2. The van der Waals surface area contributed by atoms with Gasteiger partial charge in [0.2, 0.25) is 5.91 Å². The third kappa shape index (κ3) is 6.09. The summed E-state index contributed by atoms with van der Waals surface area (Å²) in [6.07, 6.45) is 4.16. The predicted octanol–water partition coefficient (Wildman–Crippen LogP) is 4.24. The number of anilines is 1. The van der Waals surface area contributed by atoms with Crippen LogP contribution in [0.4, 0.5) is 5.69 Å². The van der Waals surface area contributed by atoms with Crippen molar-refractivity contribution in [2.45, 2.75) is 19.4 Å². The molecule has 0 spiro atoms. The number of carbonyl (C=O) groups excluding carboxylic acids is 2. The summed E-state index contributed by atoms with van der Waals surface area (Å²) in [4.78, 5) is 33.2. The molecule has 2 aromatic heterocycles. The van der Waals surface area contributed by atoms with Crippen molar-refractivity contribution in [3.8, 4) is 0 Å². The number of benzene rings is 2. The highest BCUT2D eigenvalue weighted by Gasteiger charge is 2.09. The van der Waals surface area contributed by atoms with Crippen LogP contribution in [0.3, 0.4) is 0 Å². The minimum absolute atomic E-state index is 0.0900. The SMILES string of the molecule is O=C(Cc1csc(Cc2ccccc2)n1)NCc1cccc(NC(=O)c2ccncc2)c1. The van der Waals surface area contributed by atoms with Gasteiger partial charge in [0.15, 0.2) is 0 Å². The van der Waals surface area contributed by atoms with Crippen LogP contribution in [0.15, 0.2) is 84.5 Å². The minimum atomic E-state index is -0.205. The van der Waals surface area contributed by atoms with E-state index < -0.39 is 0 Å². The molecule has 0 unspecified atom stereocenters. The van der Waals surface area contributed by atoms with Crippen LogP contribution >= 0.6 is 11.3 Å². The molecular weight excluding hydrogens is 420 g/mol. The lowest BCUT2D eigenvalue weighted by Gasteiger charge is -2.08. The van der Waals surface area contributed by atoms with Gasteiger partial charge in [-0.25, -0.2) is 4.98 Å². The molecule has 2 N–H and O–H groups in total. The average Bonchev–Trinajstić information content (AvgIpc) is 3.25. The normalized spacial score (nSPS) is 10.5. The fourth-order valence-electron chi connectivity index (χ4n) is 3.18. The van der Waals surface area contributed by atoms with Gasteiger partial charge in [-0.05, 0) is 35.4 Å². The van der Waals surface area contributed by atoms with Crippen LogP contribution in [0.1, 0.15) is 32.2 Å². The number of aromatic nitrogens is 2. The highest BCUT2D eigenvalue weighted by atomic mass is 32.1. The number of carbonyl (C=O) groups is 2. The lowest BCUT2D eigenvalue weighted by Crippen LogP contribution is -2.24. The predicted molar refractivity (Wildman–Crippen MR) is 126 cm³/mol. The smallest absolute Gasteiger partial charge is 0.255 e. The van der Waals surface area contributed by atoms with Crippen LogP contribution in [0, 0.1) is 0 Å². The molecule has 2 heterocycles. The molecule has 160 valence electrons. The van der Waals surface area contributed by atoms with E-state index in [1.54, 1.807) is 35.9 Å². The molecule has 0 bridgehead atoms. The van der Waals surface area contributed by atoms with Crippen molar-refractivity contribution in [2.24, 2.45) is 0 Å². The quantitative estimate of drug-likeness (QED) is 0.428. The molecule has 0 aliphatic rings. The van der Waals surface area contributed by atoms with Crippen LogP contribution in [0.5, 0.6) is 0 Å². The van der Waals surface area contributed by atoms with E-state index in [0.29, 0.717) is 17.8 Å². The molecule has 0 aliphatic carbocycles. The average molecular weight is 443 g/mol. The van der Waals surface area contributed by atoms with Gasteiger partial charge in [-0.3, -0.25) is 14.6 Å². The van der Waals surface area contributed by atoms with Gasteiger partial charge in [0.1, 0.15) is 0 Å². The summed E-state index contributed by atoms with van der Waals surface area (Å²) < 4.78 is 0. The highest BCUT2D eigenvalue weighted by Crippen LogP contribution is 2.16. The largest absolute Gasteiger partial charge is 0.352 e. The molecule has 0 fully saturated rings. The van der Waals surface area contributed by atoms with Gasteiger partial charge in [0.25, 0.3) is 5.91 Å². The molecule has 32 heavy (non-hydrogen) atoms. The molecule has 0 radical (unpaired) electrons. The maximum atomic E-state index is 12.4. The Hall–Kier alpha value is -3.84. The lowest BCUT2D eigenvalue weighted by atomic mass is 10.1. The van der Waals surface area contributed by atoms with E-state index in [4.69, 9.17) is 0 Å². The first-order valence-electron chi connectivity index (χ1n) is 10.2. The van der Waals surface area contributed by atoms with E-state index in [9.17, 15) is 9.59 Å². The van der Waals surface area contributed by atoms with Gasteiger partial charge in [0, 0.05) is 42.0 Å². The summed E-state index contributed by atoms with van der Waals surface area (Å²) in [5.41, 5.74) is 4.08. The highest BCUT2D eigenvalue weighted by molar-refractivity contribution is 7.09. The zero-order valence-corrected chi connectivity index (χ0v) is 18.1. The van der Waals surface area contributed by atoms with Gasteiger partial charge >= 0.3 is 0 Å². The number of nitrogens with one attached hydrogen (secondary N) is 2. The maximum Gasteiger partial charge on any atom is 0.255 e. The Morgan fingerprint density at radius 3 is 2.50 bits per heavy atom. The van der Waals surface area contributed by atoms with Crippen LogP contribution in [-0.2, 0) is 24.2 Å². The van der Waals surface area contributed by atoms with Crippen LogP contribution in [-0.4, -0.2) is 21.8 Å². The number of hydrogen-bond acceptors (Lipinski definition) is 5. The fraction of sp³-hybridized carbons (Fsp3) is 0.120. The molecule has 4 rings (SSSR count). The number of amides is 2. The van der Waals surface area contributed by atoms with Gasteiger partial charge in [0.05, 0.1) is 17.1 Å². The van der Waals surface area contributed by atoms with Gasteiger partial charge in [-0.2, -0.15) is 0 Å². The molecule has 0 aliphatic heterocycles. The van der Waals surface area contributed by atoms with E-state index in [1.807, 2.05) is 47.8 Å². The molecule has 6 nitrogen and oxygen atoms in total. The molecule has 0 saturated carbocycles. The lowest BCUT2D eigenvalue weighted by molar-refractivity contribution is -0.120. The second-order valence-corrected chi connectivity index (χ2v) is 8.18. The van der Waals surface area contributed by atoms with E-state index in [0.717, 1.165) is 22.7 Å². The summed E-state index contributed by atoms with van der Waals surface area (Å²) >= 11 is 1.57. The first-order valence-corrected chi connectivity index (χ1v) is 11.1. The zero-order valence-electron chi connectivity index (χ0n) is 17.3. The Bertz CT molecular complexity index is 1190. The molecule has 2 amide bonds. The first kappa shape index (κ1) is 21.4. The van der Waals surface area contributed by atoms with Gasteiger partial charge in [-0.15, -0.1) is 11.3 Å². The van der Waals surface area contributed by atoms with Crippen LogP contribution < -0.4 is 10.6 Å². The monoisotopic (exact) mass is 442 g/mol. The van der Waals surface area contributed by atoms with Gasteiger partial charge in [-0.1, -0.05) is 42.5 Å². The summed E-state index contributed by atoms with van der Waals surface area (Å²) in [6.45, 7) is 0.374. The molecule has 0 atom stereocenters. The standard InChI is InChI=1S/C25H22N4O2S/c30-23(15-22-17-32-24(28-22)14-18-5-2-1-3-6-18)27-16-19-7-4-8-21(13-19)29-25(31)20-9-11-26-12-10-20/h1-13,17H,14-16H2,(H,27,30)(H,29,31). The molecule has 7 heteroatoms. The van der Waals surface area contributed by atoms with E-state index in [2.05, 4.69) is 32.7 Å². The van der Waals surface area contributed by atoms with Crippen molar-refractivity contribution < 1.29 is 9.59 Å². The minimum Gasteiger partial charge on any atom is -0.352 e. The van der Waals surface area contributed by atoms with Crippen molar-refractivity contribution >= 4 is 28.8 Å². The number of rotatable bonds is 8. The number of thiazole rings is 1.